The monoisotopic (exact) mass is 456 g/mol. The molecule has 7 heteroatoms. The summed E-state index contributed by atoms with van der Waals surface area (Å²) in [5.41, 5.74) is 7.79. The van der Waals surface area contributed by atoms with E-state index in [-0.39, 0.29) is 0 Å². The number of fused-ring (bicyclic) bond motifs is 1. The maximum absolute atomic E-state index is 5.74. The number of aryl methyl sites for hydroxylation is 3. The molecule has 1 saturated heterocycles. The minimum Gasteiger partial charge on any atom is -0.381 e. The first-order valence-corrected chi connectivity index (χ1v) is 12.5. The van der Waals surface area contributed by atoms with Crippen LogP contribution in [0, 0.1) is 6.92 Å². The number of imidazole rings is 1. The summed E-state index contributed by atoms with van der Waals surface area (Å²) < 4.78 is 10.0. The van der Waals surface area contributed by atoms with Crippen molar-refractivity contribution < 1.29 is 4.74 Å². The number of para-hydroxylation sites is 1. The van der Waals surface area contributed by atoms with Crippen LogP contribution in [0.2, 0.25) is 0 Å². The van der Waals surface area contributed by atoms with Gasteiger partial charge in [-0.2, -0.15) is 0 Å². The van der Waals surface area contributed by atoms with Gasteiger partial charge in [-0.3, -0.25) is 0 Å². The molecule has 2 fully saturated rings. The lowest BCUT2D eigenvalue weighted by molar-refractivity contribution is 0.0866. The van der Waals surface area contributed by atoms with Crippen molar-refractivity contribution in [3.05, 3.63) is 54.0 Å². The molecule has 0 N–H and O–H groups in total. The Balaban J connectivity index is 1.64. The number of hydrogen-bond acceptors (Lipinski definition) is 5. The van der Waals surface area contributed by atoms with Gasteiger partial charge in [0, 0.05) is 50.0 Å². The quantitative estimate of drug-likeness (QED) is 0.391. The minimum absolute atomic E-state index is 0.358. The molecule has 2 aromatic carbocycles. The summed E-state index contributed by atoms with van der Waals surface area (Å²) in [6.45, 7) is 6.75. The van der Waals surface area contributed by atoms with Crippen LogP contribution in [0.5, 0.6) is 0 Å². The predicted molar refractivity (Wildman–Crippen MR) is 135 cm³/mol. The van der Waals surface area contributed by atoms with Gasteiger partial charge in [0.15, 0.2) is 0 Å². The third kappa shape index (κ3) is 3.59. The SMILES string of the molecule is CCn1c(C2CC2)nc2c(N(c3ccccc3)C3CCOCC3)cc(-c3c(C)nnn3C)cc21. The normalized spacial score (nSPS) is 16.9. The second-order valence-corrected chi connectivity index (χ2v) is 9.55. The van der Waals surface area contributed by atoms with E-state index in [2.05, 4.69) is 69.2 Å². The Kier molecular flexibility index (Phi) is 5.37. The molecule has 176 valence electrons. The molecule has 6 rings (SSSR count). The maximum Gasteiger partial charge on any atom is 0.113 e. The van der Waals surface area contributed by atoms with Crippen LogP contribution >= 0.6 is 0 Å². The van der Waals surface area contributed by atoms with E-state index in [1.807, 2.05) is 18.7 Å². The highest BCUT2D eigenvalue weighted by Gasteiger charge is 2.32. The summed E-state index contributed by atoms with van der Waals surface area (Å²) in [7, 11) is 1.97. The van der Waals surface area contributed by atoms with Crippen LogP contribution in [0.1, 0.15) is 50.0 Å². The molecule has 0 radical (unpaired) electrons. The van der Waals surface area contributed by atoms with Gasteiger partial charge in [0.2, 0.25) is 0 Å². The van der Waals surface area contributed by atoms with Crippen LogP contribution in [-0.4, -0.2) is 43.8 Å². The summed E-state index contributed by atoms with van der Waals surface area (Å²) in [5, 5.41) is 8.64. The van der Waals surface area contributed by atoms with Crippen molar-refractivity contribution in [2.24, 2.45) is 7.05 Å². The van der Waals surface area contributed by atoms with Gasteiger partial charge in [-0.15, -0.1) is 5.10 Å². The smallest absolute Gasteiger partial charge is 0.113 e. The van der Waals surface area contributed by atoms with Gasteiger partial charge in [0.05, 0.1) is 22.6 Å². The lowest BCUT2D eigenvalue weighted by Crippen LogP contribution is -2.36. The van der Waals surface area contributed by atoms with E-state index in [4.69, 9.17) is 9.72 Å². The summed E-state index contributed by atoms with van der Waals surface area (Å²) >= 11 is 0. The second kappa shape index (κ2) is 8.55. The molecule has 4 aromatic rings. The number of anilines is 2. The molecular formula is C27H32N6O. The van der Waals surface area contributed by atoms with Crippen molar-refractivity contribution in [2.45, 2.75) is 58.0 Å². The van der Waals surface area contributed by atoms with E-state index in [9.17, 15) is 0 Å². The molecule has 0 atom stereocenters. The van der Waals surface area contributed by atoms with Gasteiger partial charge in [0.1, 0.15) is 11.3 Å². The van der Waals surface area contributed by atoms with E-state index in [0.717, 1.165) is 55.1 Å². The molecule has 0 spiro atoms. The number of ether oxygens (including phenoxy) is 1. The van der Waals surface area contributed by atoms with Crippen LogP contribution in [0.4, 0.5) is 11.4 Å². The van der Waals surface area contributed by atoms with Crippen molar-refractivity contribution >= 4 is 22.4 Å². The fourth-order valence-corrected chi connectivity index (χ4v) is 5.46. The average Bonchev–Trinajstić information content (AvgIpc) is 3.56. The Bertz CT molecular complexity index is 1290. The zero-order valence-corrected chi connectivity index (χ0v) is 20.2. The molecule has 0 amide bonds. The minimum atomic E-state index is 0.358. The molecular weight excluding hydrogens is 424 g/mol. The van der Waals surface area contributed by atoms with Gasteiger partial charge in [-0.25, -0.2) is 9.67 Å². The first-order valence-electron chi connectivity index (χ1n) is 12.5. The van der Waals surface area contributed by atoms with Gasteiger partial charge in [-0.1, -0.05) is 23.4 Å². The Morgan fingerprint density at radius 3 is 2.47 bits per heavy atom. The number of benzene rings is 2. The molecule has 2 aromatic heterocycles. The lowest BCUT2D eigenvalue weighted by Gasteiger charge is -2.36. The first-order chi connectivity index (χ1) is 16.7. The Hall–Kier alpha value is -3.19. The van der Waals surface area contributed by atoms with Crippen LogP contribution in [0.25, 0.3) is 22.3 Å². The van der Waals surface area contributed by atoms with Crippen LogP contribution < -0.4 is 4.90 Å². The fourth-order valence-electron chi connectivity index (χ4n) is 5.46. The second-order valence-electron chi connectivity index (χ2n) is 9.55. The molecule has 7 nitrogen and oxygen atoms in total. The average molecular weight is 457 g/mol. The van der Waals surface area contributed by atoms with Crippen LogP contribution in [0.3, 0.4) is 0 Å². The largest absolute Gasteiger partial charge is 0.381 e. The predicted octanol–water partition coefficient (Wildman–Crippen LogP) is 5.35. The topological polar surface area (TPSA) is 61.0 Å². The van der Waals surface area contributed by atoms with Gasteiger partial charge >= 0.3 is 0 Å². The number of nitrogens with zero attached hydrogens (tertiary/aromatic N) is 6. The van der Waals surface area contributed by atoms with E-state index in [1.54, 1.807) is 0 Å². The van der Waals surface area contributed by atoms with Gasteiger partial charge in [0.25, 0.3) is 0 Å². The van der Waals surface area contributed by atoms with E-state index < -0.39 is 0 Å². The third-order valence-corrected chi connectivity index (χ3v) is 7.24. The molecule has 1 saturated carbocycles. The van der Waals surface area contributed by atoms with Crippen molar-refractivity contribution in [3.63, 3.8) is 0 Å². The van der Waals surface area contributed by atoms with Gasteiger partial charge < -0.3 is 14.2 Å². The van der Waals surface area contributed by atoms with Crippen molar-refractivity contribution in [2.75, 3.05) is 18.1 Å². The summed E-state index contributed by atoms with van der Waals surface area (Å²) in [4.78, 5) is 7.82. The van der Waals surface area contributed by atoms with Crippen LogP contribution in [-0.2, 0) is 18.3 Å². The molecule has 34 heavy (non-hydrogen) atoms. The standard InChI is InChI=1S/C27H32N6O/c1-4-32-23-16-20(26-18(2)29-30-31(26)3)17-24(25(23)28-27(32)19-10-11-19)33(21-8-6-5-7-9-21)22-12-14-34-15-13-22/h5-9,16-17,19,22H,4,10-15H2,1-3H3. The van der Waals surface area contributed by atoms with Crippen molar-refractivity contribution in [1.82, 2.24) is 24.5 Å². The molecule has 3 heterocycles. The highest BCUT2D eigenvalue weighted by molar-refractivity contribution is 5.96. The third-order valence-electron chi connectivity index (χ3n) is 7.24. The number of aromatic nitrogens is 5. The zero-order chi connectivity index (χ0) is 23.2. The molecule has 1 aliphatic heterocycles. The summed E-state index contributed by atoms with van der Waals surface area (Å²) in [6.07, 6.45) is 4.46. The summed E-state index contributed by atoms with van der Waals surface area (Å²) in [5.74, 6) is 1.81. The van der Waals surface area contributed by atoms with Crippen LogP contribution in [0.15, 0.2) is 42.5 Å². The van der Waals surface area contributed by atoms with E-state index >= 15 is 0 Å². The van der Waals surface area contributed by atoms with Gasteiger partial charge in [-0.05, 0) is 63.8 Å². The first kappa shape index (κ1) is 21.4. The highest BCUT2D eigenvalue weighted by Crippen LogP contribution is 2.44. The van der Waals surface area contributed by atoms with E-state index in [1.165, 1.54) is 35.6 Å². The summed E-state index contributed by atoms with van der Waals surface area (Å²) in [6, 6.07) is 15.7. The van der Waals surface area contributed by atoms with Crippen molar-refractivity contribution in [1.29, 1.82) is 0 Å². The number of rotatable bonds is 6. The molecule has 2 aliphatic rings. The van der Waals surface area contributed by atoms with Crippen molar-refractivity contribution in [3.8, 4) is 11.3 Å². The highest BCUT2D eigenvalue weighted by atomic mass is 16.5. The Labute approximate surface area is 200 Å². The zero-order valence-electron chi connectivity index (χ0n) is 20.2. The fraction of sp³-hybridized carbons (Fsp3) is 0.444. The molecule has 1 aliphatic carbocycles. The Morgan fingerprint density at radius 2 is 1.82 bits per heavy atom. The van der Waals surface area contributed by atoms with E-state index in [0.29, 0.717) is 12.0 Å². The molecule has 0 unspecified atom stereocenters. The maximum atomic E-state index is 5.74. The molecule has 0 bridgehead atoms. The Morgan fingerprint density at radius 1 is 1.06 bits per heavy atom. The number of hydrogen-bond donors (Lipinski definition) is 0. The lowest BCUT2D eigenvalue weighted by atomic mass is 10.0.